The molecule has 0 unspecified atom stereocenters. The first-order valence-corrected chi connectivity index (χ1v) is 7.71. The Hall–Kier alpha value is -1.98. The normalized spacial score (nSPS) is 10.3. The molecule has 5 heteroatoms. The lowest BCUT2D eigenvalue weighted by Gasteiger charge is -2.09. The molecule has 0 bridgehead atoms. The molecule has 0 aromatic heterocycles. The first-order valence-electron chi connectivity index (χ1n) is 6.92. The molecule has 0 atom stereocenters. The van der Waals surface area contributed by atoms with Crippen LogP contribution in [0.3, 0.4) is 0 Å². The molecule has 1 amide bonds. The molecule has 0 aliphatic heterocycles. The van der Waals surface area contributed by atoms with Gasteiger partial charge in [0.2, 0.25) is 0 Å². The number of hydrogen-bond acceptors (Lipinski definition) is 3. The summed E-state index contributed by atoms with van der Waals surface area (Å²) < 4.78 is 0.888. The second kappa shape index (κ2) is 7.87. The van der Waals surface area contributed by atoms with E-state index in [2.05, 4.69) is 21.2 Å². The molecule has 22 heavy (non-hydrogen) atoms. The molecule has 0 saturated carbocycles. The first-order chi connectivity index (χ1) is 10.6. The molecule has 4 nitrogen and oxygen atoms in total. The van der Waals surface area contributed by atoms with E-state index >= 15 is 0 Å². The SMILES string of the molecule is O=C(NCCCO)c1ccccc1C(=O)c1ccc(Br)cc1. The van der Waals surface area contributed by atoms with Crippen molar-refractivity contribution in [2.75, 3.05) is 13.2 Å². The Balaban J connectivity index is 2.25. The van der Waals surface area contributed by atoms with Crippen LogP contribution in [0.5, 0.6) is 0 Å². The van der Waals surface area contributed by atoms with Crippen molar-refractivity contribution in [3.05, 3.63) is 69.7 Å². The van der Waals surface area contributed by atoms with Crippen LogP contribution in [0.1, 0.15) is 32.7 Å². The summed E-state index contributed by atoms with van der Waals surface area (Å²) in [7, 11) is 0. The van der Waals surface area contributed by atoms with E-state index in [9.17, 15) is 9.59 Å². The van der Waals surface area contributed by atoms with Gasteiger partial charge in [-0.15, -0.1) is 0 Å². The van der Waals surface area contributed by atoms with Crippen molar-refractivity contribution >= 4 is 27.6 Å². The third-order valence-electron chi connectivity index (χ3n) is 3.14. The van der Waals surface area contributed by atoms with Crippen LogP contribution in [0.2, 0.25) is 0 Å². The van der Waals surface area contributed by atoms with Gasteiger partial charge < -0.3 is 10.4 Å². The number of nitrogens with one attached hydrogen (secondary N) is 1. The van der Waals surface area contributed by atoms with Crippen LogP contribution in [0.4, 0.5) is 0 Å². The number of carbonyl (C=O) groups is 2. The lowest BCUT2D eigenvalue weighted by atomic mass is 9.98. The second-order valence-electron chi connectivity index (χ2n) is 4.71. The fourth-order valence-electron chi connectivity index (χ4n) is 2.01. The molecule has 0 aliphatic rings. The van der Waals surface area contributed by atoms with Crippen LogP contribution >= 0.6 is 15.9 Å². The van der Waals surface area contributed by atoms with E-state index in [0.29, 0.717) is 29.7 Å². The molecule has 2 N–H and O–H groups in total. The van der Waals surface area contributed by atoms with E-state index < -0.39 is 0 Å². The maximum atomic E-state index is 12.6. The molecule has 0 fully saturated rings. The zero-order valence-corrected chi connectivity index (χ0v) is 13.5. The summed E-state index contributed by atoms with van der Waals surface area (Å²) in [5, 5.41) is 11.5. The number of ketones is 1. The minimum atomic E-state index is -0.311. The number of halogens is 1. The third-order valence-corrected chi connectivity index (χ3v) is 3.67. The Morgan fingerprint density at radius 2 is 1.64 bits per heavy atom. The summed E-state index contributed by atoms with van der Waals surface area (Å²) in [6.45, 7) is 0.385. The van der Waals surface area contributed by atoms with Crippen LogP contribution < -0.4 is 5.32 Å². The van der Waals surface area contributed by atoms with Crippen molar-refractivity contribution < 1.29 is 14.7 Å². The highest BCUT2D eigenvalue weighted by molar-refractivity contribution is 9.10. The number of amides is 1. The van der Waals surface area contributed by atoms with Gasteiger partial charge in [-0.1, -0.05) is 34.1 Å². The highest BCUT2D eigenvalue weighted by Gasteiger charge is 2.17. The summed E-state index contributed by atoms with van der Waals surface area (Å²) in [6.07, 6.45) is 0.481. The van der Waals surface area contributed by atoms with Crippen molar-refractivity contribution in [2.45, 2.75) is 6.42 Å². The Bertz CT molecular complexity index is 668. The Labute approximate surface area is 137 Å². The van der Waals surface area contributed by atoms with E-state index in [-0.39, 0.29) is 18.3 Å². The standard InChI is InChI=1S/C17H16BrNO3/c18-13-8-6-12(7-9-13)16(21)14-4-1-2-5-15(14)17(22)19-10-3-11-20/h1-2,4-9,20H,3,10-11H2,(H,19,22). The van der Waals surface area contributed by atoms with E-state index in [4.69, 9.17) is 5.11 Å². The van der Waals surface area contributed by atoms with Crippen LogP contribution in [0, 0.1) is 0 Å². The highest BCUT2D eigenvalue weighted by atomic mass is 79.9. The van der Waals surface area contributed by atoms with Gasteiger partial charge in [-0.05, 0) is 36.8 Å². The van der Waals surface area contributed by atoms with E-state index in [1.54, 1.807) is 48.5 Å². The minimum Gasteiger partial charge on any atom is -0.396 e. The summed E-state index contributed by atoms with van der Waals surface area (Å²) in [4.78, 5) is 24.8. The molecule has 0 spiro atoms. The molecular weight excluding hydrogens is 346 g/mol. The lowest BCUT2D eigenvalue weighted by Crippen LogP contribution is -2.26. The van der Waals surface area contributed by atoms with Crippen LogP contribution in [-0.4, -0.2) is 29.9 Å². The summed E-state index contributed by atoms with van der Waals surface area (Å²) in [6, 6.07) is 13.7. The second-order valence-corrected chi connectivity index (χ2v) is 5.63. The smallest absolute Gasteiger partial charge is 0.252 e. The van der Waals surface area contributed by atoms with E-state index in [1.165, 1.54) is 0 Å². The van der Waals surface area contributed by atoms with E-state index in [1.807, 2.05) is 0 Å². The molecular formula is C17H16BrNO3. The van der Waals surface area contributed by atoms with Crippen molar-refractivity contribution in [3.8, 4) is 0 Å². The zero-order chi connectivity index (χ0) is 15.9. The highest BCUT2D eigenvalue weighted by Crippen LogP contribution is 2.17. The molecule has 2 rings (SSSR count). The predicted molar refractivity (Wildman–Crippen MR) is 88.1 cm³/mol. The number of rotatable bonds is 6. The van der Waals surface area contributed by atoms with Crippen molar-refractivity contribution in [1.82, 2.24) is 5.32 Å². The minimum absolute atomic E-state index is 0.0136. The van der Waals surface area contributed by atoms with Crippen LogP contribution in [0.25, 0.3) is 0 Å². The topological polar surface area (TPSA) is 66.4 Å². The van der Waals surface area contributed by atoms with Gasteiger partial charge in [0, 0.05) is 28.8 Å². The maximum Gasteiger partial charge on any atom is 0.252 e. The van der Waals surface area contributed by atoms with Gasteiger partial charge in [0.15, 0.2) is 5.78 Å². The molecule has 2 aromatic rings. The number of aliphatic hydroxyl groups excluding tert-OH is 1. The third kappa shape index (κ3) is 4.02. The quantitative estimate of drug-likeness (QED) is 0.614. The molecule has 0 aliphatic carbocycles. The number of carbonyl (C=O) groups excluding carboxylic acids is 2. The lowest BCUT2D eigenvalue weighted by molar-refractivity contribution is 0.0940. The number of hydrogen-bond donors (Lipinski definition) is 2. The van der Waals surface area contributed by atoms with Crippen LogP contribution in [-0.2, 0) is 0 Å². The fraction of sp³-hybridized carbons (Fsp3) is 0.176. The average molecular weight is 362 g/mol. The molecule has 0 heterocycles. The summed E-state index contributed by atoms with van der Waals surface area (Å²) in [5.74, 6) is -0.505. The average Bonchev–Trinajstić information content (AvgIpc) is 2.55. The van der Waals surface area contributed by atoms with Crippen LogP contribution in [0.15, 0.2) is 53.0 Å². The largest absolute Gasteiger partial charge is 0.396 e. The van der Waals surface area contributed by atoms with Gasteiger partial charge in [-0.25, -0.2) is 0 Å². The predicted octanol–water partition coefficient (Wildman–Crippen LogP) is 2.79. The Morgan fingerprint density at radius 3 is 2.27 bits per heavy atom. The van der Waals surface area contributed by atoms with Gasteiger partial charge in [-0.2, -0.15) is 0 Å². The zero-order valence-electron chi connectivity index (χ0n) is 11.9. The molecule has 0 saturated heterocycles. The van der Waals surface area contributed by atoms with Gasteiger partial charge in [0.1, 0.15) is 0 Å². The molecule has 2 aromatic carbocycles. The van der Waals surface area contributed by atoms with Gasteiger partial charge in [0.05, 0.1) is 5.56 Å². The van der Waals surface area contributed by atoms with Gasteiger partial charge in [-0.3, -0.25) is 9.59 Å². The van der Waals surface area contributed by atoms with E-state index in [0.717, 1.165) is 4.47 Å². The fourth-order valence-corrected chi connectivity index (χ4v) is 2.28. The summed E-state index contributed by atoms with van der Waals surface area (Å²) >= 11 is 3.33. The van der Waals surface area contributed by atoms with Crippen molar-refractivity contribution in [1.29, 1.82) is 0 Å². The maximum absolute atomic E-state index is 12.6. The Morgan fingerprint density at radius 1 is 1.00 bits per heavy atom. The molecule has 114 valence electrons. The Kier molecular flexibility index (Phi) is 5.86. The van der Waals surface area contributed by atoms with Crippen molar-refractivity contribution in [2.24, 2.45) is 0 Å². The van der Waals surface area contributed by atoms with Gasteiger partial charge >= 0.3 is 0 Å². The number of benzene rings is 2. The summed E-state index contributed by atoms with van der Waals surface area (Å²) in [5.41, 5.74) is 1.23. The van der Waals surface area contributed by atoms with Crippen molar-refractivity contribution in [3.63, 3.8) is 0 Å². The monoisotopic (exact) mass is 361 g/mol. The molecule has 0 radical (unpaired) electrons. The van der Waals surface area contributed by atoms with Gasteiger partial charge in [0.25, 0.3) is 5.91 Å². The first kappa shape index (κ1) is 16.4. The number of aliphatic hydroxyl groups is 1.